The third-order valence-electron chi connectivity index (χ3n) is 4.92. The van der Waals surface area contributed by atoms with Crippen LogP contribution in [0.3, 0.4) is 0 Å². The normalized spacial score (nSPS) is 10.5. The number of hydrogen-bond acceptors (Lipinski definition) is 4. The average Bonchev–Trinajstić information content (AvgIpc) is 2.78. The Labute approximate surface area is 173 Å². The van der Waals surface area contributed by atoms with Gasteiger partial charge in [-0.2, -0.15) is 5.26 Å². The molecule has 0 aliphatic rings. The summed E-state index contributed by atoms with van der Waals surface area (Å²) in [5, 5.41) is 12.0. The van der Waals surface area contributed by atoms with Crippen molar-refractivity contribution in [3.63, 3.8) is 0 Å². The third-order valence-corrected chi connectivity index (χ3v) is 4.92. The van der Waals surface area contributed by atoms with Gasteiger partial charge in [-0.05, 0) is 36.8 Å². The number of carbonyl (C=O) groups is 1. The van der Waals surface area contributed by atoms with Gasteiger partial charge in [-0.3, -0.25) is 9.59 Å². The summed E-state index contributed by atoms with van der Waals surface area (Å²) in [5.74, 6) is 0.0776. The molecule has 1 aromatic heterocycles. The van der Waals surface area contributed by atoms with Crippen molar-refractivity contribution in [2.24, 2.45) is 0 Å². The molecule has 30 heavy (non-hydrogen) atoms. The first kappa shape index (κ1) is 19.2. The lowest BCUT2D eigenvalue weighted by atomic mass is 10.0. The Morgan fingerprint density at radius 3 is 2.43 bits per heavy atom. The second-order valence-corrected chi connectivity index (χ2v) is 6.92. The third kappa shape index (κ3) is 3.59. The van der Waals surface area contributed by atoms with Gasteiger partial charge in [0.15, 0.2) is 11.0 Å². The fourth-order valence-corrected chi connectivity index (χ4v) is 3.35. The molecule has 0 fully saturated rings. The molecule has 0 radical (unpaired) electrons. The number of carbonyl (C=O) groups excluding carboxylic acids is 1. The summed E-state index contributed by atoms with van der Waals surface area (Å²) >= 11 is 0. The number of nitrogens with zero attached hydrogens (tertiary/aromatic N) is 1. The molecule has 4 rings (SSSR count). The number of hydrogen-bond donors (Lipinski definition) is 1. The minimum absolute atomic E-state index is 0.161. The molecular formula is C25H18N2O3. The highest BCUT2D eigenvalue weighted by molar-refractivity contribution is 6.11. The molecule has 0 aliphatic carbocycles. The largest absolute Gasteiger partial charge is 0.455 e. The molecule has 4 aromatic rings. The first-order valence-corrected chi connectivity index (χ1v) is 9.47. The van der Waals surface area contributed by atoms with Gasteiger partial charge in [-0.25, -0.2) is 0 Å². The Morgan fingerprint density at radius 1 is 1.00 bits per heavy atom. The predicted molar refractivity (Wildman–Crippen MR) is 116 cm³/mol. The summed E-state index contributed by atoms with van der Waals surface area (Å²) in [5.41, 5.74) is 3.11. The van der Waals surface area contributed by atoms with Crippen LogP contribution < -0.4 is 10.7 Å². The number of para-hydroxylation sites is 1. The van der Waals surface area contributed by atoms with E-state index < -0.39 is 0 Å². The Bertz CT molecular complexity index is 1330. The maximum Gasteiger partial charge on any atom is 0.259 e. The summed E-state index contributed by atoms with van der Waals surface area (Å²) in [6, 6.07) is 23.5. The monoisotopic (exact) mass is 394 g/mol. The van der Waals surface area contributed by atoms with E-state index in [1.54, 1.807) is 49.4 Å². The molecule has 5 nitrogen and oxygen atoms in total. The average molecular weight is 394 g/mol. The number of amides is 1. The summed E-state index contributed by atoms with van der Waals surface area (Å²) < 4.78 is 6.10. The SMILES string of the molecule is Cc1c(-c2ccccc2)oc2c(C(=O)Nc3ccc(CC#N)cc3)cccc2c1=O. The molecule has 0 unspecified atom stereocenters. The van der Waals surface area contributed by atoms with Gasteiger partial charge >= 0.3 is 0 Å². The van der Waals surface area contributed by atoms with Crippen molar-refractivity contribution in [1.29, 1.82) is 5.26 Å². The lowest BCUT2D eigenvalue weighted by Crippen LogP contribution is -2.15. The highest BCUT2D eigenvalue weighted by Crippen LogP contribution is 2.27. The van der Waals surface area contributed by atoms with Crippen LogP contribution in [0, 0.1) is 18.3 Å². The standard InChI is InChI=1S/C25H18N2O3/c1-16-22(28)20-8-5-9-21(24(20)30-23(16)18-6-3-2-4-7-18)25(29)27-19-12-10-17(11-13-19)14-15-26/h2-13H,14H2,1H3,(H,27,29). The van der Waals surface area contributed by atoms with Crippen LogP contribution in [0.4, 0.5) is 5.69 Å². The highest BCUT2D eigenvalue weighted by atomic mass is 16.3. The minimum atomic E-state index is -0.375. The number of rotatable bonds is 4. The van der Waals surface area contributed by atoms with Crippen LogP contribution in [0.2, 0.25) is 0 Å². The second kappa shape index (κ2) is 8.06. The van der Waals surface area contributed by atoms with Crippen molar-refractivity contribution in [3.8, 4) is 17.4 Å². The highest BCUT2D eigenvalue weighted by Gasteiger charge is 2.18. The zero-order valence-corrected chi connectivity index (χ0v) is 16.3. The molecule has 146 valence electrons. The van der Waals surface area contributed by atoms with Crippen molar-refractivity contribution in [1.82, 2.24) is 0 Å². The predicted octanol–water partition coefficient (Wildman–Crippen LogP) is 5.09. The fraction of sp³-hybridized carbons (Fsp3) is 0.0800. The molecule has 0 saturated carbocycles. The molecule has 3 aromatic carbocycles. The molecule has 1 amide bonds. The van der Waals surface area contributed by atoms with E-state index in [1.165, 1.54) is 0 Å². The molecular weight excluding hydrogens is 376 g/mol. The van der Waals surface area contributed by atoms with Gasteiger partial charge < -0.3 is 9.73 Å². The van der Waals surface area contributed by atoms with Crippen molar-refractivity contribution in [3.05, 3.63) is 99.7 Å². The van der Waals surface area contributed by atoms with Gasteiger partial charge in [0.1, 0.15) is 5.76 Å². The zero-order valence-electron chi connectivity index (χ0n) is 16.3. The zero-order chi connectivity index (χ0) is 21.1. The maximum absolute atomic E-state index is 13.0. The lowest BCUT2D eigenvalue weighted by Gasteiger charge is -2.11. The van der Waals surface area contributed by atoms with E-state index in [2.05, 4.69) is 11.4 Å². The maximum atomic E-state index is 13.0. The Balaban J connectivity index is 1.77. The van der Waals surface area contributed by atoms with E-state index in [1.807, 2.05) is 30.3 Å². The van der Waals surface area contributed by atoms with Crippen LogP contribution in [-0.2, 0) is 6.42 Å². The van der Waals surface area contributed by atoms with Gasteiger partial charge in [0, 0.05) is 16.8 Å². The summed E-state index contributed by atoms with van der Waals surface area (Å²) in [7, 11) is 0. The second-order valence-electron chi connectivity index (χ2n) is 6.92. The van der Waals surface area contributed by atoms with Crippen molar-refractivity contribution >= 4 is 22.6 Å². The van der Waals surface area contributed by atoms with Gasteiger partial charge in [0.25, 0.3) is 5.91 Å². The summed E-state index contributed by atoms with van der Waals surface area (Å²) in [6.45, 7) is 1.73. The van der Waals surface area contributed by atoms with Crippen LogP contribution in [0.1, 0.15) is 21.5 Å². The van der Waals surface area contributed by atoms with Crippen LogP contribution in [-0.4, -0.2) is 5.91 Å². The van der Waals surface area contributed by atoms with Crippen LogP contribution in [0.15, 0.2) is 82.0 Å². The van der Waals surface area contributed by atoms with E-state index >= 15 is 0 Å². The molecule has 0 spiro atoms. The molecule has 0 saturated heterocycles. The molecule has 0 bridgehead atoms. The fourth-order valence-electron chi connectivity index (χ4n) is 3.35. The van der Waals surface area contributed by atoms with Crippen LogP contribution >= 0.6 is 0 Å². The van der Waals surface area contributed by atoms with E-state index in [4.69, 9.17) is 9.68 Å². The van der Waals surface area contributed by atoms with Crippen molar-refractivity contribution < 1.29 is 9.21 Å². The van der Waals surface area contributed by atoms with Gasteiger partial charge in [0.05, 0.1) is 23.4 Å². The number of benzene rings is 3. The number of nitrogens with one attached hydrogen (secondary N) is 1. The molecule has 0 aliphatic heterocycles. The van der Waals surface area contributed by atoms with Crippen molar-refractivity contribution in [2.75, 3.05) is 5.32 Å². The van der Waals surface area contributed by atoms with Crippen LogP contribution in [0.5, 0.6) is 0 Å². The Morgan fingerprint density at radius 2 is 1.73 bits per heavy atom. The molecule has 1 N–H and O–H groups in total. The van der Waals surface area contributed by atoms with Crippen LogP contribution in [0.25, 0.3) is 22.3 Å². The van der Waals surface area contributed by atoms with Gasteiger partial charge in [-0.1, -0.05) is 48.5 Å². The van der Waals surface area contributed by atoms with E-state index in [0.717, 1.165) is 11.1 Å². The smallest absolute Gasteiger partial charge is 0.259 e. The lowest BCUT2D eigenvalue weighted by molar-refractivity contribution is 0.102. The van der Waals surface area contributed by atoms with Crippen molar-refractivity contribution in [2.45, 2.75) is 13.3 Å². The Hall–Kier alpha value is -4.17. The van der Waals surface area contributed by atoms with E-state index in [0.29, 0.717) is 28.8 Å². The first-order chi connectivity index (χ1) is 14.6. The quantitative estimate of drug-likeness (QED) is 0.523. The molecule has 0 atom stereocenters. The topological polar surface area (TPSA) is 83.1 Å². The molecule has 1 heterocycles. The number of fused-ring (bicyclic) bond motifs is 1. The molecule has 5 heteroatoms. The summed E-state index contributed by atoms with van der Waals surface area (Å²) in [6.07, 6.45) is 0.310. The van der Waals surface area contributed by atoms with Gasteiger partial charge in [0.2, 0.25) is 0 Å². The first-order valence-electron chi connectivity index (χ1n) is 9.47. The van der Waals surface area contributed by atoms with E-state index in [-0.39, 0.29) is 22.5 Å². The van der Waals surface area contributed by atoms with Gasteiger partial charge in [-0.15, -0.1) is 0 Å². The number of anilines is 1. The number of nitriles is 1. The summed E-state index contributed by atoms with van der Waals surface area (Å²) in [4.78, 5) is 25.9. The minimum Gasteiger partial charge on any atom is -0.455 e. The Kier molecular flexibility index (Phi) is 5.15. The van der Waals surface area contributed by atoms with E-state index in [9.17, 15) is 9.59 Å².